The Morgan fingerprint density at radius 1 is 0.944 bits per heavy atom. The molecule has 1 N–H and O–H groups in total. The van der Waals surface area contributed by atoms with E-state index in [0.717, 1.165) is 20.6 Å². The monoisotopic (exact) mass is 508 g/mol. The van der Waals surface area contributed by atoms with Crippen LogP contribution in [0.1, 0.15) is 45.1 Å². The van der Waals surface area contributed by atoms with Crippen LogP contribution < -0.4 is 0 Å². The maximum Gasteiger partial charge on any atom is 0.350 e. The highest BCUT2D eigenvalue weighted by atomic mass is 16.9. The molecule has 0 spiro atoms. The SMILES string of the molecule is COC(=O)C1[C@@H]2C(c3ccccc3)C(C(=O)OC)(C(=O)OC)O[C@]2(CC(C)CC(C)C)OC1(O)OC. The molecule has 0 amide bonds. The fraction of sp³-hybridized carbons (Fsp3) is 0.654. The second kappa shape index (κ2) is 10.5. The Labute approximate surface area is 211 Å². The minimum Gasteiger partial charge on any atom is -0.469 e. The molecule has 6 atom stereocenters. The minimum absolute atomic E-state index is 0.0625. The number of fused-ring (bicyclic) bond motifs is 1. The summed E-state index contributed by atoms with van der Waals surface area (Å²) in [7, 11) is 4.62. The van der Waals surface area contributed by atoms with Crippen molar-refractivity contribution in [3.8, 4) is 0 Å². The van der Waals surface area contributed by atoms with Gasteiger partial charge in [-0.2, -0.15) is 0 Å². The van der Waals surface area contributed by atoms with Crippen LogP contribution in [0.25, 0.3) is 0 Å². The molecule has 10 heteroatoms. The van der Waals surface area contributed by atoms with E-state index in [4.69, 9.17) is 28.4 Å². The molecule has 1 aromatic carbocycles. The number of esters is 3. The maximum absolute atomic E-state index is 13.4. The van der Waals surface area contributed by atoms with Gasteiger partial charge in [0.25, 0.3) is 11.6 Å². The van der Waals surface area contributed by atoms with Crippen molar-refractivity contribution in [1.82, 2.24) is 0 Å². The summed E-state index contributed by atoms with van der Waals surface area (Å²) < 4.78 is 32.9. The lowest BCUT2D eigenvalue weighted by Gasteiger charge is -2.36. The third-order valence-corrected chi connectivity index (χ3v) is 7.10. The first-order valence-electron chi connectivity index (χ1n) is 11.9. The van der Waals surface area contributed by atoms with Crippen molar-refractivity contribution in [2.45, 2.75) is 56.9 Å². The van der Waals surface area contributed by atoms with Gasteiger partial charge in [0.15, 0.2) is 5.79 Å². The van der Waals surface area contributed by atoms with E-state index in [1.165, 1.54) is 14.2 Å². The molecule has 2 fully saturated rings. The van der Waals surface area contributed by atoms with Gasteiger partial charge in [0.05, 0.1) is 21.3 Å². The van der Waals surface area contributed by atoms with E-state index in [1.54, 1.807) is 30.3 Å². The number of ether oxygens (including phenoxy) is 6. The van der Waals surface area contributed by atoms with Crippen molar-refractivity contribution in [3.63, 3.8) is 0 Å². The Morgan fingerprint density at radius 3 is 2.00 bits per heavy atom. The lowest BCUT2D eigenvalue weighted by Crippen LogP contribution is -2.56. The molecule has 4 unspecified atom stereocenters. The number of rotatable bonds is 9. The van der Waals surface area contributed by atoms with Gasteiger partial charge in [0.2, 0.25) is 0 Å². The summed E-state index contributed by atoms with van der Waals surface area (Å²) in [4.78, 5) is 40.0. The summed E-state index contributed by atoms with van der Waals surface area (Å²) in [5.74, 6) is -10.6. The van der Waals surface area contributed by atoms with E-state index in [9.17, 15) is 19.5 Å². The predicted molar refractivity (Wildman–Crippen MR) is 125 cm³/mol. The number of benzene rings is 1. The normalized spacial score (nSPS) is 31.5. The van der Waals surface area contributed by atoms with Crippen molar-refractivity contribution in [2.24, 2.45) is 23.7 Å². The maximum atomic E-state index is 13.4. The number of hydrogen-bond acceptors (Lipinski definition) is 10. The quantitative estimate of drug-likeness (QED) is 0.230. The van der Waals surface area contributed by atoms with Gasteiger partial charge < -0.3 is 28.8 Å². The highest BCUT2D eigenvalue weighted by molar-refractivity contribution is 6.05. The molecule has 200 valence electrons. The molecule has 0 aromatic heterocycles. The number of carbonyl (C=O) groups is 3. The second-order valence-electron chi connectivity index (χ2n) is 9.92. The number of aliphatic hydroxyl groups is 1. The summed E-state index contributed by atoms with van der Waals surface area (Å²) in [6, 6.07) is 8.61. The van der Waals surface area contributed by atoms with Gasteiger partial charge in [-0.05, 0) is 23.8 Å². The molecular formula is C26H36O10. The van der Waals surface area contributed by atoms with E-state index < -0.39 is 53.0 Å². The van der Waals surface area contributed by atoms with Crippen LogP contribution in [0.5, 0.6) is 0 Å². The van der Waals surface area contributed by atoms with Gasteiger partial charge in [-0.1, -0.05) is 51.1 Å². The Bertz CT molecular complexity index is 947. The van der Waals surface area contributed by atoms with Crippen LogP contribution in [-0.4, -0.2) is 68.8 Å². The Hall–Kier alpha value is -2.53. The van der Waals surface area contributed by atoms with Crippen molar-refractivity contribution >= 4 is 17.9 Å². The summed E-state index contributed by atoms with van der Waals surface area (Å²) >= 11 is 0. The van der Waals surface area contributed by atoms with Crippen molar-refractivity contribution in [1.29, 1.82) is 0 Å². The predicted octanol–water partition coefficient (Wildman–Crippen LogP) is 2.38. The Kier molecular flexibility index (Phi) is 8.14. The van der Waals surface area contributed by atoms with Gasteiger partial charge in [-0.3, -0.25) is 9.53 Å². The van der Waals surface area contributed by atoms with E-state index in [0.29, 0.717) is 11.5 Å². The standard InChI is InChI=1S/C26H36O10/c1-15(2)13-16(3)14-24-19(20(21(27)31-4)26(30,34-7)36-24)18(17-11-9-8-10-12-17)25(35-24,22(28)32-5)23(29)33-6/h8-12,15-16,18-20,30H,13-14H2,1-7H3/t16?,18?,19-,20?,24+,26?/m0/s1. The zero-order valence-corrected chi connectivity index (χ0v) is 21.8. The first-order chi connectivity index (χ1) is 17.0. The van der Waals surface area contributed by atoms with Crippen molar-refractivity contribution in [2.75, 3.05) is 28.4 Å². The van der Waals surface area contributed by atoms with Crippen LogP contribution in [-0.2, 0) is 42.8 Å². The fourth-order valence-electron chi connectivity index (χ4n) is 5.99. The van der Waals surface area contributed by atoms with Crippen LogP contribution in [0.15, 0.2) is 30.3 Å². The number of methoxy groups -OCH3 is 4. The molecule has 36 heavy (non-hydrogen) atoms. The molecule has 1 aromatic rings. The first kappa shape index (κ1) is 28.0. The molecule has 0 bridgehead atoms. The molecular weight excluding hydrogens is 472 g/mol. The highest BCUT2D eigenvalue weighted by Crippen LogP contribution is 2.65. The van der Waals surface area contributed by atoms with Gasteiger partial charge in [0, 0.05) is 25.4 Å². The van der Waals surface area contributed by atoms with E-state index >= 15 is 0 Å². The highest BCUT2D eigenvalue weighted by Gasteiger charge is 2.81. The zero-order valence-electron chi connectivity index (χ0n) is 21.8. The van der Waals surface area contributed by atoms with Gasteiger partial charge in [0.1, 0.15) is 5.92 Å². The third kappa shape index (κ3) is 4.40. The van der Waals surface area contributed by atoms with E-state index in [2.05, 4.69) is 13.8 Å². The van der Waals surface area contributed by atoms with Crippen LogP contribution in [0.2, 0.25) is 0 Å². The number of hydrogen-bond donors (Lipinski definition) is 1. The smallest absolute Gasteiger partial charge is 0.350 e. The van der Waals surface area contributed by atoms with Gasteiger partial charge >= 0.3 is 17.9 Å². The van der Waals surface area contributed by atoms with Gasteiger partial charge in [-0.25, -0.2) is 9.59 Å². The Morgan fingerprint density at radius 2 is 1.53 bits per heavy atom. The van der Waals surface area contributed by atoms with Crippen LogP contribution in [0.3, 0.4) is 0 Å². The van der Waals surface area contributed by atoms with Crippen LogP contribution >= 0.6 is 0 Å². The molecule has 2 aliphatic rings. The average Bonchev–Trinajstić information content (AvgIpc) is 3.26. The van der Waals surface area contributed by atoms with Crippen LogP contribution in [0.4, 0.5) is 0 Å². The van der Waals surface area contributed by atoms with Crippen LogP contribution in [0, 0.1) is 23.7 Å². The molecule has 2 saturated heterocycles. The topological polar surface area (TPSA) is 127 Å². The van der Waals surface area contributed by atoms with Crippen molar-refractivity contribution in [3.05, 3.63) is 35.9 Å². The molecule has 3 rings (SSSR count). The largest absolute Gasteiger partial charge is 0.469 e. The minimum atomic E-state index is -2.44. The second-order valence-corrected chi connectivity index (χ2v) is 9.92. The fourth-order valence-corrected chi connectivity index (χ4v) is 5.99. The summed E-state index contributed by atoms with van der Waals surface area (Å²) in [5.41, 5.74) is -1.84. The summed E-state index contributed by atoms with van der Waals surface area (Å²) in [6.45, 7) is 6.07. The van der Waals surface area contributed by atoms with Crippen molar-refractivity contribution < 1.29 is 47.9 Å². The Balaban J connectivity index is 2.36. The van der Waals surface area contributed by atoms with E-state index in [1.807, 2.05) is 6.92 Å². The molecule has 0 aliphatic carbocycles. The van der Waals surface area contributed by atoms with E-state index in [-0.39, 0.29) is 12.3 Å². The summed E-state index contributed by atoms with van der Waals surface area (Å²) in [6.07, 6.45) is 0.878. The average molecular weight is 509 g/mol. The molecule has 10 nitrogen and oxygen atoms in total. The first-order valence-corrected chi connectivity index (χ1v) is 11.9. The summed E-state index contributed by atoms with van der Waals surface area (Å²) in [5, 5.41) is 11.4. The molecule has 2 heterocycles. The lowest BCUT2D eigenvalue weighted by atomic mass is 9.68. The molecule has 0 saturated carbocycles. The van der Waals surface area contributed by atoms with Gasteiger partial charge in [-0.15, -0.1) is 0 Å². The zero-order chi connectivity index (χ0) is 26.9. The molecule has 2 aliphatic heterocycles. The molecule has 0 radical (unpaired) electrons. The lowest BCUT2D eigenvalue weighted by molar-refractivity contribution is -0.408. The third-order valence-electron chi connectivity index (χ3n) is 7.10. The number of carbonyl (C=O) groups excluding carboxylic acids is 3.